The number of nitrogens with one attached hydrogen (secondary N) is 2. The molecular formula is C14H26N2O4. The van der Waals surface area contributed by atoms with Crippen LogP contribution in [0.3, 0.4) is 0 Å². The predicted molar refractivity (Wildman–Crippen MR) is 75.2 cm³/mol. The molecule has 116 valence electrons. The number of carbonyl (C=O) groups excluding carboxylic acids is 2. The number of esters is 1. The molecule has 0 spiro atoms. The van der Waals surface area contributed by atoms with Gasteiger partial charge in [0, 0.05) is 6.04 Å². The van der Waals surface area contributed by atoms with E-state index in [1.54, 1.807) is 0 Å². The molecule has 1 rings (SSSR count). The summed E-state index contributed by atoms with van der Waals surface area (Å²) in [6.07, 6.45) is 1.00. The maximum Gasteiger partial charge on any atom is 0.328 e. The van der Waals surface area contributed by atoms with Gasteiger partial charge >= 0.3 is 5.97 Å². The highest BCUT2D eigenvalue weighted by atomic mass is 16.5. The van der Waals surface area contributed by atoms with Crippen molar-refractivity contribution in [3.63, 3.8) is 0 Å². The minimum absolute atomic E-state index is 0.0143. The summed E-state index contributed by atoms with van der Waals surface area (Å²) < 4.78 is 10.1. The first-order chi connectivity index (χ1) is 9.51. The Morgan fingerprint density at radius 2 is 2.05 bits per heavy atom. The second-order valence-corrected chi connectivity index (χ2v) is 5.46. The van der Waals surface area contributed by atoms with Crippen molar-refractivity contribution in [2.24, 2.45) is 11.8 Å². The molecule has 3 unspecified atom stereocenters. The van der Waals surface area contributed by atoms with E-state index in [-0.39, 0.29) is 23.8 Å². The second kappa shape index (κ2) is 8.21. The highest BCUT2D eigenvalue weighted by Gasteiger charge is 2.36. The van der Waals surface area contributed by atoms with Gasteiger partial charge in [-0.15, -0.1) is 0 Å². The number of rotatable bonds is 7. The molecule has 1 saturated heterocycles. The van der Waals surface area contributed by atoms with Crippen molar-refractivity contribution in [1.29, 1.82) is 0 Å². The molecule has 1 aliphatic heterocycles. The van der Waals surface area contributed by atoms with Crippen LogP contribution in [0, 0.1) is 11.8 Å². The summed E-state index contributed by atoms with van der Waals surface area (Å²) in [6, 6.07) is -0.597. The van der Waals surface area contributed by atoms with E-state index >= 15 is 0 Å². The fourth-order valence-corrected chi connectivity index (χ4v) is 2.23. The van der Waals surface area contributed by atoms with Crippen molar-refractivity contribution < 1.29 is 19.1 Å². The second-order valence-electron chi connectivity index (χ2n) is 5.46. The Morgan fingerprint density at radius 1 is 1.35 bits per heavy atom. The largest absolute Gasteiger partial charge is 0.467 e. The third-order valence-electron chi connectivity index (χ3n) is 3.49. The molecule has 1 fully saturated rings. The van der Waals surface area contributed by atoms with Gasteiger partial charge in [-0.1, -0.05) is 20.8 Å². The Kier molecular flexibility index (Phi) is 6.95. The van der Waals surface area contributed by atoms with E-state index in [9.17, 15) is 9.59 Å². The van der Waals surface area contributed by atoms with Crippen molar-refractivity contribution in [3.05, 3.63) is 0 Å². The van der Waals surface area contributed by atoms with E-state index in [0.29, 0.717) is 13.2 Å². The quantitative estimate of drug-likeness (QED) is 0.659. The monoisotopic (exact) mass is 286 g/mol. The van der Waals surface area contributed by atoms with Crippen LogP contribution in [0.5, 0.6) is 0 Å². The number of carbonyl (C=O) groups is 2. The summed E-state index contributed by atoms with van der Waals surface area (Å²) in [5.74, 6) is -0.839. The van der Waals surface area contributed by atoms with Crippen molar-refractivity contribution in [3.8, 4) is 0 Å². The Labute approximate surface area is 120 Å². The average molecular weight is 286 g/mol. The highest BCUT2D eigenvalue weighted by molar-refractivity contribution is 5.86. The lowest BCUT2D eigenvalue weighted by molar-refractivity contribution is -0.147. The third kappa shape index (κ3) is 4.45. The smallest absolute Gasteiger partial charge is 0.328 e. The summed E-state index contributed by atoms with van der Waals surface area (Å²) in [4.78, 5) is 24.0. The Morgan fingerprint density at radius 3 is 2.60 bits per heavy atom. The first-order valence-corrected chi connectivity index (χ1v) is 7.20. The molecule has 1 heterocycles. The summed E-state index contributed by atoms with van der Waals surface area (Å²) in [7, 11) is 1.33. The zero-order valence-electron chi connectivity index (χ0n) is 12.8. The molecule has 1 aliphatic rings. The third-order valence-corrected chi connectivity index (χ3v) is 3.49. The molecule has 0 aromatic heterocycles. The minimum Gasteiger partial charge on any atom is -0.467 e. The van der Waals surface area contributed by atoms with E-state index in [4.69, 9.17) is 9.47 Å². The van der Waals surface area contributed by atoms with Crippen LogP contribution in [0.2, 0.25) is 0 Å². The predicted octanol–water partition coefficient (Wildman–Crippen LogP) is 0.315. The summed E-state index contributed by atoms with van der Waals surface area (Å²) in [5.41, 5.74) is 0. The van der Waals surface area contributed by atoms with Crippen LogP contribution >= 0.6 is 0 Å². The van der Waals surface area contributed by atoms with Crippen molar-refractivity contribution in [1.82, 2.24) is 10.6 Å². The number of hydrogen-bond donors (Lipinski definition) is 2. The zero-order chi connectivity index (χ0) is 15.1. The van der Waals surface area contributed by atoms with Crippen LogP contribution in [-0.2, 0) is 19.1 Å². The first-order valence-electron chi connectivity index (χ1n) is 7.20. The van der Waals surface area contributed by atoms with E-state index in [1.165, 1.54) is 7.11 Å². The Hall–Kier alpha value is -1.14. The normalized spacial score (nSPS) is 23.6. The first kappa shape index (κ1) is 16.9. The number of methoxy groups -OCH3 is 1. The van der Waals surface area contributed by atoms with Crippen LogP contribution in [0.25, 0.3) is 0 Å². The SMILES string of the molecule is CCCNC1COCC1C(=O)NC(C(=O)OC)C(C)C. The minimum atomic E-state index is -0.611. The topological polar surface area (TPSA) is 76.7 Å². The Balaban J connectivity index is 2.61. The lowest BCUT2D eigenvalue weighted by atomic mass is 9.99. The van der Waals surface area contributed by atoms with Gasteiger partial charge in [-0.2, -0.15) is 0 Å². The van der Waals surface area contributed by atoms with Crippen LogP contribution in [0.15, 0.2) is 0 Å². The van der Waals surface area contributed by atoms with Gasteiger partial charge in [0.2, 0.25) is 5.91 Å². The molecule has 0 aliphatic carbocycles. The summed E-state index contributed by atoms with van der Waals surface area (Å²) in [5, 5.41) is 6.09. The summed E-state index contributed by atoms with van der Waals surface area (Å²) in [6.45, 7) is 7.59. The summed E-state index contributed by atoms with van der Waals surface area (Å²) >= 11 is 0. The van der Waals surface area contributed by atoms with E-state index in [2.05, 4.69) is 17.6 Å². The van der Waals surface area contributed by atoms with Crippen molar-refractivity contribution >= 4 is 11.9 Å². The molecular weight excluding hydrogens is 260 g/mol. The van der Waals surface area contributed by atoms with Crippen LogP contribution < -0.4 is 10.6 Å². The highest BCUT2D eigenvalue weighted by Crippen LogP contribution is 2.15. The van der Waals surface area contributed by atoms with Crippen molar-refractivity contribution in [2.75, 3.05) is 26.9 Å². The van der Waals surface area contributed by atoms with Gasteiger partial charge in [0.25, 0.3) is 0 Å². The molecule has 3 atom stereocenters. The molecule has 6 nitrogen and oxygen atoms in total. The van der Waals surface area contributed by atoms with Crippen molar-refractivity contribution in [2.45, 2.75) is 39.3 Å². The van der Waals surface area contributed by atoms with Crippen LogP contribution in [0.4, 0.5) is 0 Å². The van der Waals surface area contributed by atoms with E-state index in [0.717, 1.165) is 13.0 Å². The van der Waals surface area contributed by atoms with Gasteiger partial charge < -0.3 is 20.1 Å². The molecule has 2 N–H and O–H groups in total. The van der Waals surface area contributed by atoms with Gasteiger partial charge in [-0.25, -0.2) is 4.79 Å². The average Bonchev–Trinajstić information content (AvgIpc) is 2.89. The number of amides is 1. The van der Waals surface area contributed by atoms with Crippen LogP contribution in [-0.4, -0.2) is 50.8 Å². The lowest BCUT2D eigenvalue weighted by Gasteiger charge is -2.24. The molecule has 1 amide bonds. The molecule has 0 bridgehead atoms. The van der Waals surface area contributed by atoms with Gasteiger partial charge in [0.05, 0.1) is 26.2 Å². The molecule has 6 heteroatoms. The molecule has 0 aromatic carbocycles. The van der Waals surface area contributed by atoms with Gasteiger partial charge in [0.1, 0.15) is 6.04 Å². The van der Waals surface area contributed by atoms with E-state index in [1.807, 2.05) is 13.8 Å². The zero-order valence-corrected chi connectivity index (χ0v) is 12.8. The number of ether oxygens (including phenoxy) is 2. The molecule has 20 heavy (non-hydrogen) atoms. The van der Waals surface area contributed by atoms with Gasteiger partial charge in [0.15, 0.2) is 0 Å². The van der Waals surface area contributed by atoms with Crippen LogP contribution in [0.1, 0.15) is 27.2 Å². The standard InChI is InChI=1S/C14H26N2O4/c1-5-6-15-11-8-20-7-10(11)13(17)16-12(9(2)3)14(18)19-4/h9-12,15H,5-8H2,1-4H3,(H,16,17). The van der Waals surface area contributed by atoms with E-state index < -0.39 is 12.0 Å². The van der Waals surface area contributed by atoms with Gasteiger partial charge in [-0.3, -0.25) is 4.79 Å². The fourth-order valence-electron chi connectivity index (χ4n) is 2.23. The molecule has 0 saturated carbocycles. The maximum atomic E-state index is 12.3. The number of hydrogen-bond acceptors (Lipinski definition) is 5. The maximum absolute atomic E-state index is 12.3. The molecule has 0 aromatic rings. The Bertz CT molecular complexity index is 333. The lowest BCUT2D eigenvalue weighted by Crippen LogP contribution is -2.51. The van der Waals surface area contributed by atoms with Gasteiger partial charge in [-0.05, 0) is 18.9 Å². The fraction of sp³-hybridized carbons (Fsp3) is 0.857. The molecule has 0 radical (unpaired) electrons.